The maximum Gasteiger partial charge on any atom is 0.132 e. The van der Waals surface area contributed by atoms with Crippen LogP contribution in [-0.4, -0.2) is 41.9 Å². The zero-order valence-electron chi connectivity index (χ0n) is 18.5. The van der Waals surface area contributed by atoms with Crippen LogP contribution in [0.4, 0.5) is 9.39 Å². The molecule has 2 aromatic heterocycles. The van der Waals surface area contributed by atoms with Gasteiger partial charge < -0.3 is 10.2 Å². The predicted molar refractivity (Wildman–Crippen MR) is 126 cm³/mol. The van der Waals surface area contributed by atoms with Gasteiger partial charge in [0, 0.05) is 48.5 Å². The molecule has 0 fully saturated rings. The lowest BCUT2D eigenvalue weighted by Gasteiger charge is -2.24. The molecule has 1 atom stereocenters. The smallest absolute Gasteiger partial charge is 0.132 e. The highest BCUT2D eigenvalue weighted by Crippen LogP contribution is 2.31. The van der Waals surface area contributed by atoms with Crippen molar-refractivity contribution in [1.82, 2.24) is 15.1 Å². The molecule has 0 radical (unpaired) electrons. The molecule has 1 N–H and O–H groups in total. The summed E-state index contributed by atoms with van der Waals surface area (Å²) >= 11 is 1.37. The monoisotopic (exact) mass is 451 g/mol. The van der Waals surface area contributed by atoms with Crippen molar-refractivity contribution in [2.45, 2.75) is 33.2 Å². The van der Waals surface area contributed by atoms with E-state index in [0.29, 0.717) is 37.2 Å². The Balaban J connectivity index is 1.76. The van der Waals surface area contributed by atoms with Crippen LogP contribution < -0.4 is 10.2 Å². The third kappa shape index (κ3) is 4.74. The summed E-state index contributed by atoms with van der Waals surface area (Å²) in [6, 6.07) is 3.77. The second kappa shape index (κ2) is 10.7. The van der Waals surface area contributed by atoms with Crippen molar-refractivity contribution in [1.29, 1.82) is 10.5 Å². The molecule has 0 aromatic carbocycles. The van der Waals surface area contributed by atoms with Crippen LogP contribution in [-0.2, 0) is 0 Å². The molecule has 3 rings (SSSR count). The van der Waals surface area contributed by atoms with Gasteiger partial charge in [0.15, 0.2) is 0 Å². The van der Waals surface area contributed by atoms with E-state index in [0.717, 1.165) is 27.5 Å². The van der Waals surface area contributed by atoms with E-state index in [2.05, 4.69) is 27.5 Å². The minimum atomic E-state index is -0.544. The normalized spacial score (nSPS) is 16.5. The maximum atomic E-state index is 14.0. The maximum absolute atomic E-state index is 14.0. The average Bonchev–Trinajstić information content (AvgIpc) is 3.56. The van der Waals surface area contributed by atoms with Crippen molar-refractivity contribution in [3.63, 3.8) is 0 Å². The number of amidine groups is 1. The number of thiophene rings is 1. The summed E-state index contributed by atoms with van der Waals surface area (Å²) in [7, 11) is 0. The number of nitrogens with one attached hydrogen (secondary N) is 1. The van der Waals surface area contributed by atoms with Gasteiger partial charge >= 0.3 is 0 Å². The Labute approximate surface area is 191 Å². The molecule has 9 heteroatoms. The second-order valence-corrected chi connectivity index (χ2v) is 8.14. The van der Waals surface area contributed by atoms with E-state index in [-0.39, 0.29) is 0 Å². The van der Waals surface area contributed by atoms with Gasteiger partial charge in [-0.3, -0.25) is 9.67 Å². The molecule has 1 unspecified atom stereocenters. The van der Waals surface area contributed by atoms with Crippen LogP contribution in [0.5, 0.6) is 0 Å². The average molecular weight is 452 g/mol. The lowest BCUT2D eigenvalue weighted by Crippen LogP contribution is -2.27. The highest BCUT2D eigenvalue weighted by molar-refractivity contribution is 7.14. The van der Waals surface area contributed by atoms with Crippen LogP contribution >= 0.6 is 11.3 Å². The van der Waals surface area contributed by atoms with E-state index in [1.165, 1.54) is 11.3 Å². The van der Waals surface area contributed by atoms with Crippen LogP contribution in [0, 0.1) is 22.7 Å². The van der Waals surface area contributed by atoms with Crippen molar-refractivity contribution in [3.8, 4) is 12.1 Å². The third-order valence-electron chi connectivity index (χ3n) is 5.44. The number of rotatable bonds is 9. The minimum Gasteiger partial charge on any atom is -0.363 e. The van der Waals surface area contributed by atoms with E-state index in [1.807, 2.05) is 44.1 Å². The molecular weight excluding hydrogens is 425 g/mol. The first-order valence-electron chi connectivity index (χ1n) is 10.5. The van der Waals surface area contributed by atoms with E-state index in [4.69, 9.17) is 0 Å². The standard InChI is InChI=1S/C23H26FN7S/c1-4-27-22-20(6-8-28-22)16(3)18-13-29-31(14-18)19(10-24)7-9-30(5-2)23-21(12-26)17(11-25)15-32-23/h6,8,13-15,19H,4-5,7,9-10H2,1-3H3,(H,27,28)/b20-16+. The number of allylic oxidation sites excluding steroid dienone is 1. The third-order valence-corrected chi connectivity index (χ3v) is 6.48. The van der Waals surface area contributed by atoms with E-state index < -0.39 is 12.7 Å². The predicted octanol–water partition coefficient (Wildman–Crippen LogP) is 4.42. The molecule has 0 saturated heterocycles. The summed E-state index contributed by atoms with van der Waals surface area (Å²) in [5, 5.41) is 28.7. The number of hydrogen-bond donors (Lipinski definition) is 1. The Kier molecular flexibility index (Phi) is 7.80. The number of nitrogens with zero attached hydrogens (tertiary/aromatic N) is 6. The molecule has 0 bridgehead atoms. The molecule has 7 nitrogen and oxygen atoms in total. The lowest BCUT2D eigenvalue weighted by molar-refractivity contribution is 0.320. The van der Waals surface area contributed by atoms with Gasteiger partial charge in [0.2, 0.25) is 0 Å². The molecule has 32 heavy (non-hydrogen) atoms. The van der Waals surface area contributed by atoms with Crippen molar-refractivity contribution in [2.24, 2.45) is 4.99 Å². The fourth-order valence-electron chi connectivity index (χ4n) is 3.60. The number of nitriles is 2. The molecule has 0 amide bonds. The van der Waals surface area contributed by atoms with Gasteiger partial charge in [-0.2, -0.15) is 15.6 Å². The summed E-state index contributed by atoms with van der Waals surface area (Å²) in [5.74, 6) is 0.833. The first kappa shape index (κ1) is 23.2. The highest BCUT2D eigenvalue weighted by Gasteiger charge is 2.20. The van der Waals surface area contributed by atoms with Crippen LogP contribution in [0.25, 0.3) is 5.57 Å². The minimum absolute atomic E-state index is 0.384. The van der Waals surface area contributed by atoms with Crippen LogP contribution in [0.3, 0.4) is 0 Å². The highest BCUT2D eigenvalue weighted by atomic mass is 32.1. The number of hydrogen-bond acceptors (Lipinski definition) is 6. The second-order valence-electron chi connectivity index (χ2n) is 7.28. The molecule has 1 aliphatic rings. The van der Waals surface area contributed by atoms with Crippen LogP contribution in [0.2, 0.25) is 0 Å². The summed E-state index contributed by atoms with van der Waals surface area (Å²) in [6.45, 7) is 7.34. The number of anilines is 1. The van der Waals surface area contributed by atoms with Gasteiger partial charge in [-0.05, 0) is 38.8 Å². The molecule has 1 aliphatic heterocycles. The van der Waals surface area contributed by atoms with Crippen LogP contribution in [0.1, 0.15) is 49.9 Å². The van der Waals surface area contributed by atoms with Gasteiger partial charge in [0.25, 0.3) is 0 Å². The van der Waals surface area contributed by atoms with Gasteiger partial charge in [-0.25, -0.2) is 4.39 Å². The van der Waals surface area contributed by atoms with E-state index in [1.54, 1.807) is 16.3 Å². The lowest BCUT2D eigenvalue weighted by atomic mass is 10.0. The fourth-order valence-corrected chi connectivity index (χ4v) is 4.64. The summed E-state index contributed by atoms with van der Waals surface area (Å²) < 4.78 is 15.6. The molecular formula is C23H26FN7S. The molecule has 0 spiro atoms. The first-order chi connectivity index (χ1) is 15.6. The summed E-state index contributed by atoms with van der Waals surface area (Å²) in [5.41, 5.74) is 3.73. The Morgan fingerprint density at radius 2 is 2.19 bits per heavy atom. The molecule has 0 aliphatic carbocycles. The van der Waals surface area contributed by atoms with Crippen molar-refractivity contribution in [3.05, 3.63) is 52.3 Å². The Morgan fingerprint density at radius 1 is 1.38 bits per heavy atom. The first-order valence-corrected chi connectivity index (χ1v) is 11.4. The topological polar surface area (TPSA) is 93.0 Å². The Bertz CT molecular complexity index is 1130. The molecule has 3 heterocycles. The zero-order chi connectivity index (χ0) is 23.1. The number of aromatic nitrogens is 2. The van der Waals surface area contributed by atoms with E-state index in [9.17, 15) is 14.9 Å². The van der Waals surface area contributed by atoms with Crippen molar-refractivity contribution >= 4 is 27.7 Å². The molecule has 166 valence electrons. The van der Waals surface area contributed by atoms with Crippen molar-refractivity contribution in [2.75, 3.05) is 31.2 Å². The number of aliphatic imine (C=N–C) groups is 1. The Hall–Kier alpha value is -3.43. The van der Waals surface area contributed by atoms with Gasteiger partial charge in [-0.1, -0.05) is 0 Å². The quantitative estimate of drug-likeness (QED) is 0.609. The molecule has 2 aromatic rings. The zero-order valence-corrected chi connectivity index (χ0v) is 19.3. The number of alkyl halides is 1. The van der Waals surface area contributed by atoms with Gasteiger partial charge in [-0.15, -0.1) is 11.3 Å². The van der Waals surface area contributed by atoms with Gasteiger partial charge in [0.05, 0.1) is 17.8 Å². The number of halogens is 1. The summed E-state index contributed by atoms with van der Waals surface area (Å²) in [6.07, 6.45) is 7.99. The summed E-state index contributed by atoms with van der Waals surface area (Å²) in [4.78, 5) is 6.49. The largest absolute Gasteiger partial charge is 0.363 e. The molecule has 0 saturated carbocycles. The fraction of sp³-hybridized carbons (Fsp3) is 0.391. The van der Waals surface area contributed by atoms with Gasteiger partial charge in [0.1, 0.15) is 35.2 Å². The Morgan fingerprint density at radius 3 is 2.84 bits per heavy atom. The van der Waals surface area contributed by atoms with E-state index >= 15 is 0 Å². The van der Waals surface area contributed by atoms with Crippen LogP contribution in [0.15, 0.2) is 40.6 Å². The van der Waals surface area contributed by atoms with Crippen molar-refractivity contribution < 1.29 is 4.39 Å². The SMILES string of the molecule is CCN=C1NC=C/C1=C(/C)c1cnn(C(CF)CCN(CC)c2scc(C#N)c2C#N)c1.